The van der Waals surface area contributed by atoms with Crippen LogP contribution in [0.15, 0.2) is 73.0 Å². The van der Waals surface area contributed by atoms with E-state index < -0.39 is 5.97 Å². The van der Waals surface area contributed by atoms with Crippen molar-refractivity contribution in [3.05, 3.63) is 90.0 Å². The molecule has 1 aromatic heterocycles. The molecule has 7 nitrogen and oxygen atoms in total. The van der Waals surface area contributed by atoms with Crippen molar-refractivity contribution in [3.8, 4) is 16.9 Å². The van der Waals surface area contributed by atoms with E-state index in [0.717, 1.165) is 66.7 Å². The number of aliphatic hydroxyl groups excluding tert-OH is 1. The van der Waals surface area contributed by atoms with Gasteiger partial charge in [0.05, 0.1) is 12.3 Å². The van der Waals surface area contributed by atoms with E-state index in [4.69, 9.17) is 26.6 Å². The lowest BCUT2D eigenvalue weighted by atomic mass is 10.0. The zero-order valence-corrected chi connectivity index (χ0v) is 27.7. The van der Waals surface area contributed by atoms with Crippen LogP contribution < -0.4 is 4.74 Å². The Labute approximate surface area is 272 Å². The molecule has 0 saturated heterocycles. The van der Waals surface area contributed by atoms with Crippen LogP contribution in [0.4, 0.5) is 0 Å². The summed E-state index contributed by atoms with van der Waals surface area (Å²) in [5.74, 6) is 1.43. The van der Waals surface area contributed by atoms with Crippen molar-refractivity contribution < 1.29 is 24.5 Å². The summed E-state index contributed by atoms with van der Waals surface area (Å²) in [6, 6.07) is 16.1. The zero-order chi connectivity index (χ0) is 33.0. The molecule has 9 heteroatoms. The molecular formula is C35H46Cl2N2O5. The van der Waals surface area contributed by atoms with Gasteiger partial charge in [0.2, 0.25) is 0 Å². The number of aryl methyl sites for hydroxylation is 1. The third-order valence-corrected chi connectivity index (χ3v) is 5.88. The van der Waals surface area contributed by atoms with Crippen molar-refractivity contribution in [1.82, 2.24) is 9.55 Å². The van der Waals surface area contributed by atoms with Gasteiger partial charge in [-0.3, -0.25) is 4.79 Å². The van der Waals surface area contributed by atoms with E-state index in [9.17, 15) is 9.59 Å². The van der Waals surface area contributed by atoms with E-state index in [1.165, 1.54) is 6.38 Å². The van der Waals surface area contributed by atoms with Gasteiger partial charge in [0.15, 0.2) is 0 Å². The highest BCUT2D eigenvalue weighted by atomic mass is 35.5. The Bertz CT molecular complexity index is 1250. The first-order valence-corrected chi connectivity index (χ1v) is 15.7. The van der Waals surface area contributed by atoms with Gasteiger partial charge < -0.3 is 24.3 Å². The normalized spacial score (nSPS) is 10.4. The molecule has 2 aromatic carbocycles. The standard InChI is InChI=1S/C28H30N2O4.C5H9Cl.CH3Cl.CH4O/c1-2-6-25-21-30(18-3-4-19-31)27(29-25)17-10-22-8-11-23(12-9-22)24-13-15-26(16-14-24)34-20-5-7-28(32)33;1-2-3-4-5-6;2*1-2/h2,6,8-17,19,21H,3-5,7,18,20H2,1H3,(H,32,33);3-4H,2,5H2,1H3;1H3;2H,1H3/b6-2+,17-10+;4-3-;;. The minimum Gasteiger partial charge on any atom is -0.494 e. The number of nitrogens with zero attached hydrogens (tertiary/aromatic N) is 2. The Hall–Kier alpha value is -3.65. The van der Waals surface area contributed by atoms with Gasteiger partial charge >= 0.3 is 5.97 Å². The highest BCUT2D eigenvalue weighted by Crippen LogP contribution is 2.23. The number of carbonyl (C=O) groups excluding carboxylic acids is 1. The fourth-order valence-corrected chi connectivity index (χ4v) is 3.83. The number of aromatic nitrogens is 2. The lowest BCUT2D eigenvalue weighted by Gasteiger charge is -2.07. The molecule has 1 heterocycles. The first kappa shape index (κ1) is 40.4. The SMILES string of the molecule is C/C=C/c1cn(CCCC=O)c(/C=C/c2ccc(-c3ccc(OCCCC(=O)O)cc3)cc2)n1.CC/C=C\CCl.CCl.CO. The van der Waals surface area contributed by atoms with Crippen molar-refractivity contribution in [1.29, 1.82) is 0 Å². The number of aldehydes is 1. The lowest BCUT2D eigenvalue weighted by molar-refractivity contribution is -0.137. The Morgan fingerprint density at radius 2 is 1.59 bits per heavy atom. The van der Waals surface area contributed by atoms with E-state index in [2.05, 4.69) is 52.3 Å². The number of allylic oxidation sites excluding steroid dienone is 3. The quantitative estimate of drug-likeness (QED) is 0.0743. The second kappa shape index (κ2) is 26.9. The van der Waals surface area contributed by atoms with Crippen LogP contribution in [0.1, 0.15) is 63.0 Å². The molecule has 3 aromatic rings. The molecule has 0 aliphatic heterocycles. The number of carbonyl (C=O) groups is 2. The first-order valence-electron chi connectivity index (χ1n) is 14.4. The minimum absolute atomic E-state index is 0.109. The van der Waals surface area contributed by atoms with Gasteiger partial charge in [-0.1, -0.05) is 67.6 Å². The number of alkyl halides is 2. The molecule has 0 radical (unpaired) electrons. The summed E-state index contributed by atoms with van der Waals surface area (Å²) in [5.41, 5.74) is 4.14. The number of halogens is 2. The molecular weight excluding hydrogens is 599 g/mol. The van der Waals surface area contributed by atoms with E-state index in [0.29, 0.717) is 25.3 Å². The molecule has 0 saturated carbocycles. The average molecular weight is 646 g/mol. The number of carboxylic acid groups (broad SMARTS) is 1. The monoisotopic (exact) mass is 644 g/mol. The van der Waals surface area contributed by atoms with E-state index >= 15 is 0 Å². The maximum absolute atomic E-state index is 10.6. The zero-order valence-electron chi connectivity index (χ0n) is 26.2. The Morgan fingerprint density at radius 3 is 2.11 bits per heavy atom. The van der Waals surface area contributed by atoms with Crippen LogP contribution in [-0.4, -0.2) is 58.0 Å². The highest BCUT2D eigenvalue weighted by Gasteiger charge is 2.04. The Balaban J connectivity index is 0.00000163. The van der Waals surface area contributed by atoms with E-state index in [1.54, 1.807) is 0 Å². The van der Waals surface area contributed by atoms with Gasteiger partial charge in [0.25, 0.3) is 0 Å². The van der Waals surface area contributed by atoms with Crippen LogP contribution in [0.5, 0.6) is 5.75 Å². The predicted octanol–water partition coefficient (Wildman–Crippen LogP) is 8.63. The van der Waals surface area contributed by atoms with Crippen LogP contribution >= 0.6 is 23.2 Å². The first-order chi connectivity index (χ1) is 21.5. The summed E-state index contributed by atoms with van der Waals surface area (Å²) < 4.78 is 7.67. The van der Waals surface area contributed by atoms with Crippen molar-refractivity contribution in [3.63, 3.8) is 0 Å². The fraction of sp³-hybridized carbons (Fsp3) is 0.343. The predicted molar refractivity (Wildman–Crippen MR) is 185 cm³/mol. The van der Waals surface area contributed by atoms with Crippen LogP contribution in [0.3, 0.4) is 0 Å². The van der Waals surface area contributed by atoms with Gasteiger partial charge in [-0.2, -0.15) is 0 Å². The third kappa shape index (κ3) is 17.5. The molecule has 0 fully saturated rings. The maximum Gasteiger partial charge on any atom is 0.303 e. The van der Waals surface area contributed by atoms with Gasteiger partial charge in [-0.05, 0) is 67.2 Å². The van der Waals surface area contributed by atoms with Crippen molar-refractivity contribution in [2.45, 2.75) is 52.5 Å². The van der Waals surface area contributed by atoms with Gasteiger partial charge in [0.1, 0.15) is 17.9 Å². The van der Waals surface area contributed by atoms with Crippen LogP contribution in [0, 0.1) is 0 Å². The average Bonchev–Trinajstić information content (AvgIpc) is 3.45. The molecule has 3 rings (SSSR count). The minimum atomic E-state index is -0.810. The number of ether oxygens (including phenoxy) is 1. The number of aliphatic carboxylic acids is 1. The number of hydrogen-bond donors (Lipinski definition) is 2. The molecule has 0 atom stereocenters. The molecule has 0 unspecified atom stereocenters. The summed E-state index contributed by atoms with van der Waals surface area (Å²) >= 11 is 9.93. The number of aliphatic hydroxyl groups is 1. The number of imidazole rings is 1. The van der Waals surface area contributed by atoms with Crippen LogP contribution in [0.2, 0.25) is 0 Å². The molecule has 2 N–H and O–H groups in total. The van der Waals surface area contributed by atoms with Crippen molar-refractivity contribution in [2.75, 3.05) is 26.0 Å². The third-order valence-electron chi connectivity index (χ3n) is 5.70. The summed E-state index contributed by atoms with van der Waals surface area (Å²) in [7, 11) is 1.00. The molecule has 0 bridgehead atoms. The van der Waals surface area contributed by atoms with Crippen molar-refractivity contribution in [2.24, 2.45) is 0 Å². The van der Waals surface area contributed by atoms with Crippen LogP contribution in [0.25, 0.3) is 29.4 Å². The molecule has 240 valence electrons. The molecule has 0 spiro atoms. The van der Waals surface area contributed by atoms with Gasteiger partial charge in [0, 0.05) is 45.0 Å². The Kier molecular flexibility index (Phi) is 24.7. The maximum atomic E-state index is 10.6. The molecule has 0 aliphatic rings. The highest BCUT2D eigenvalue weighted by molar-refractivity contribution is 6.18. The summed E-state index contributed by atoms with van der Waals surface area (Å²) in [4.78, 5) is 25.9. The van der Waals surface area contributed by atoms with Gasteiger partial charge in [-0.15, -0.1) is 23.2 Å². The number of unbranched alkanes of at least 4 members (excludes halogenated alkanes) is 1. The number of rotatable bonds is 15. The number of benzene rings is 2. The van der Waals surface area contributed by atoms with Gasteiger partial charge in [-0.25, -0.2) is 4.98 Å². The summed E-state index contributed by atoms with van der Waals surface area (Å²) in [6.45, 7) is 5.19. The summed E-state index contributed by atoms with van der Waals surface area (Å²) in [6.07, 6.45) is 19.4. The van der Waals surface area contributed by atoms with Crippen molar-refractivity contribution >= 4 is 53.7 Å². The second-order valence-corrected chi connectivity index (χ2v) is 9.19. The largest absolute Gasteiger partial charge is 0.494 e. The Morgan fingerprint density at radius 1 is 0.955 bits per heavy atom. The molecule has 0 amide bonds. The molecule has 44 heavy (non-hydrogen) atoms. The smallest absolute Gasteiger partial charge is 0.303 e. The van der Waals surface area contributed by atoms with Crippen LogP contribution in [-0.2, 0) is 16.1 Å². The topological polar surface area (TPSA) is 102 Å². The fourth-order valence-electron chi connectivity index (χ4n) is 3.70. The molecule has 0 aliphatic carbocycles. The number of hydrogen-bond acceptors (Lipinski definition) is 5. The number of carboxylic acids is 1. The van der Waals surface area contributed by atoms with E-state index in [-0.39, 0.29) is 6.42 Å². The van der Waals surface area contributed by atoms with E-state index in [1.807, 2.05) is 73.8 Å². The summed E-state index contributed by atoms with van der Waals surface area (Å²) in [5, 5.41) is 15.7. The lowest BCUT2D eigenvalue weighted by Crippen LogP contribution is -2.01. The second-order valence-electron chi connectivity index (χ2n) is 8.89.